The minimum Gasteiger partial charge on any atom is -0.491 e. The maximum atomic E-state index is 12.2. The fraction of sp³-hybridized carbons (Fsp3) is 0.278. The molecule has 4 heteroatoms. The van der Waals surface area contributed by atoms with E-state index in [9.17, 15) is 4.79 Å². The number of likely N-dealkylation sites (N-methyl/N-ethyl adjacent to an activating group) is 1. The summed E-state index contributed by atoms with van der Waals surface area (Å²) in [6.07, 6.45) is 0.153. The summed E-state index contributed by atoms with van der Waals surface area (Å²) < 4.78 is 5.59. The molecule has 22 heavy (non-hydrogen) atoms. The molecular formula is C18H22N2O2. The molecule has 0 aliphatic carbocycles. The van der Waals surface area contributed by atoms with E-state index in [0.29, 0.717) is 0 Å². The number of hydrogen-bond donors (Lipinski definition) is 1. The summed E-state index contributed by atoms with van der Waals surface area (Å²) in [4.78, 5) is 13.8. The third-order valence-corrected chi connectivity index (χ3v) is 3.19. The van der Waals surface area contributed by atoms with Crippen molar-refractivity contribution >= 4 is 17.3 Å². The van der Waals surface area contributed by atoms with Crippen LogP contribution in [0, 0.1) is 0 Å². The fourth-order valence-electron chi connectivity index (χ4n) is 2.02. The second-order valence-electron chi connectivity index (χ2n) is 5.33. The summed E-state index contributed by atoms with van der Waals surface area (Å²) in [6, 6.07) is 17.2. The van der Waals surface area contributed by atoms with Crippen LogP contribution in [0.15, 0.2) is 54.6 Å². The van der Waals surface area contributed by atoms with Crippen LogP contribution in [0.1, 0.15) is 13.8 Å². The van der Waals surface area contributed by atoms with Gasteiger partial charge in [0.15, 0.2) is 0 Å². The van der Waals surface area contributed by atoms with E-state index < -0.39 is 0 Å². The molecule has 0 unspecified atom stereocenters. The minimum absolute atomic E-state index is 0.00806. The van der Waals surface area contributed by atoms with E-state index in [0.717, 1.165) is 17.1 Å². The molecule has 116 valence electrons. The van der Waals surface area contributed by atoms with E-state index in [-0.39, 0.29) is 18.6 Å². The molecule has 0 saturated heterocycles. The van der Waals surface area contributed by atoms with Crippen LogP contribution in [-0.4, -0.2) is 25.6 Å². The summed E-state index contributed by atoms with van der Waals surface area (Å²) in [7, 11) is 1.78. The maximum absolute atomic E-state index is 12.2. The van der Waals surface area contributed by atoms with Crippen molar-refractivity contribution < 1.29 is 9.53 Å². The zero-order valence-corrected chi connectivity index (χ0v) is 13.2. The molecule has 0 aromatic heterocycles. The summed E-state index contributed by atoms with van der Waals surface area (Å²) in [6.45, 7) is 4.23. The van der Waals surface area contributed by atoms with Gasteiger partial charge in [0, 0.05) is 18.4 Å². The van der Waals surface area contributed by atoms with E-state index in [2.05, 4.69) is 5.32 Å². The number of nitrogens with zero attached hydrogens (tertiary/aromatic N) is 1. The number of carbonyl (C=O) groups excluding carboxylic acids is 1. The van der Waals surface area contributed by atoms with E-state index in [1.807, 2.05) is 68.4 Å². The smallest absolute Gasteiger partial charge is 0.246 e. The Morgan fingerprint density at radius 2 is 1.73 bits per heavy atom. The quantitative estimate of drug-likeness (QED) is 0.886. The standard InChI is InChI=1S/C18H22N2O2/c1-14(2)22-17-11-9-15(10-12-17)19-13-18(21)20(3)16-7-5-4-6-8-16/h4-12,14,19H,13H2,1-3H3. The fourth-order valence-corrected chi connectivity index (χ4v) is 2.02. The lowest BCUT2D eigenvalue weighted by Gasteiger charge is -2.18. The average Bonchev–Trinajstić information content (AvgIpc) is 2.53. The van der Waals surface area contributed by atoms with Gasteiger partial charge in [0.1, 0.15) is 5.75 Å². The van der Waals surface area contributed by atoms with Crippen molar-refractivity contribution in [1.29, 1.82) is 0 Å². The van der Waals surface area contributed by atoms with Gasteiger partial charge in [-0.05, 0) is 50.2 Å². The number of benzene rings is 2. The highest BCUT2D eigenvalue weighted by Crippen LogP contribution is 2.17. The second-order valence-corrected chi connectivity index (χ2v) is 5.33. The van der Waals surface area contributed by atoms with Crippen LogP contribution < -0.4 is 15.0 Å². The minimum atomic E-state index is 0.00806. The van der Waals surface area contributed by atoms with E-state index >= 15 is 0 Å². The molecular weight excluding hydrogens is 276 g/mol. The predicted octanol–water partition coefficient (Wildman–Crippen LogP) is 3.55. The molecule has 1 N–H and O–H groups in total. The zero-order chi connectivity index (χ0) is 15.9. The van der Waals surface area contributed by atoms with Gasteiger partial charge in [0.25, 0.3) is 0 Å². The highest BCUT2D eigenvalue weighted by molar-refractivity contribution is 5.95. The third kappa shape index (κ3) is 4.52. The molecule has 0 fully saturated rings. The SMILES string of the molecule is CC(C)Oc1ccc(NCC(=O)N(C)c2ccccc2)cc1. The Bertz CT molecular complexity index is 594. The van der Waals surface area contributed by atoms with Crippen LogP contribution in [0.5, 0.6) is 5.75 Å². The van der Waals surface area contributed by atoms with Crippen molar-refractivity contribution in [2.45, 2.75) is 20.0 Å². The number of hydrogen-bond acceptors (Lipinski definition) is 3. The zero-order valence-electron chi connectivity index (χ0n) is 13.2. The van der Waals surface area contributed by atoms with Crippen LogP contribution in [-0.2, 0) is 4.79 Å². The molecule has 0 aliphatic heterocycles. The predicted molar refractivity (Wildman–Crippen MR) is 90.5 cm³/mol. The molecule has 0 spiro atoms. The second kappa shape index (κ2) is 7.50. The monoisotopic (exact) mass is 298 g/mol. The Labute approximate surface area is 131 Å². The Balaban J connectivity index is 1.88. The first-order chi connectivity index (χ1) is 10.6. The number of anilines is 2. The summed E-state index contributed by atoms with van der Waals surface area (Å²) in [5, 5.41) is 3.13. The van der Waals surface area contributed by atoms with Gasteiger partial charge >= 0.3 is 0 Å². The van der Waals surface area contributed by atoms with Crippen molar-refractivity contribution in [3.63, 3.8) is 0 Å². The molecule has 4 nitrogen and oxygen atoms in total. The highest BCUT2D eigenvalue weighted by Gasteiger charge is 2.10. The molecule has 2 rings (SSSR count). The van der Waals surface area contributed by atoms with Gasteiger partial charge in [0.2, 0.25) is 5.91 Å². The first kappa shape index (κ1) is 15.9. The van der Waals surface area contributed by atoms with Gasteiger partial charge < -0.3 is 15.0 Å². The number of carbonyl (C=O) groups is 1. The first-order valence-electron chi connectivity index (χ1n) is 7.38. The van der Waals surface area contributed by atoms with Crippen molar-refractivity contribution in [3.05, 3.63) is 54.6 Å². The molecule has 0 radical (unpaired) electrons. The van der Waals surface area contributed by atoms with E-state index in [4.69, 9.17) is 4.74 Å². The number of rotatable bonds is 6. The number of ether oxygens (including phenoxy) is 1. The van der Waals surface area contributed by atoms with Crippen LogP contribution in [0.2, 0.25) is 0 Å². The number of nitrogens with one attached hydrogen (secondary N) is 1. The average molecular weight is 298 g/mol. The van der Waals surface area contributed by atoms with Gasteiger partial charge in [-0.2, -0.15) is 0 Å². The van der Waals surface area contributed by atoms with Crippen LogP contribution in [0.25, 0.3) is 0 Å². The lowest BCUT2D eigenvalue weighted by atomic mass is 10.3. The molecule has 1 amide bonds. The largest absolute Gasteiger partial charge is 0.491 e. The lowest BCUT2D eigenvalue weighted by molar-refractivity contribution is -0.116. The van der Waals surface area contributed by atoms with Crippen molar-refractivity contribution in [3.8, 4) is 5.75 Å². The van der Waals surface area contributed by atoms with Gasteiger partial charge in [-0.15, -0.1) is 0 Å². The highest BCUT2D eigenvalue weighted by atomic mass is 16.5. The molecule has 0 saturated carbocycles. The summed E-state index contributed by atoms with van der Waals surface area (Å²) in [5.74, 6) is 0.835. The van der Waals surface area contributed by atoms with E-state index in [1.165, 1.54) is 0 Å². The van der Waals surface area contributed by atoms with Crippen molar-refractivity contribution in [2.24, 2.45) is 0 Å². The molecule has 0 atom stereocenters. The van der Waals surface area contributed by atoms with Crippen molar-refractivity contribution in [2.75, 3.05) is 23.8 Å². The molecule has 2 aromatic carbocycles. The molecule has 2 aromatic rings. The Kier molecular flexibility index (Phi) is 5.42. The normalized spacial score (nSPS) is 10.4. The van der Waals surface area contributed by atoms with Gasteiger partial charge in [-0.3, -0.25) is 4.79 Å². The van der Waals surface area contributed by atoms with Gasteiger partial charge in [-0.25, -0.2) is 0 Å². The van der Waals surface area contributed by atoms with Gasteiger partial charge in [0.05, 0.1) is 12.6 Å². The summed E-state index contributed by atoms with van der Waals surface area (Å²) >= 11 is 0. The first-order valence-corrected chi connectivity index (χ1v) is 7.38. The molecule has 0 aliphatic rings. The Morgan fingerprint density at radius 1 is 1.09 bits per heavy atom. The number of amides is 1. The van der Waals surface area contributed by atoms with Gasteiger partial charge in [-0.1, -0.05) is 18.2 Å². The van der Waals surface area contributed by atoms with Crippen LogP contribution in [0.3, 0.4) is 0 Å². The van der Waals surface area contributed by atoms with Crippen molar-refractivity contribution in [1.82, 2.24) is 0 Å². The topological polar surface area (TPSA) is 41.6 Å². The number of para-hydroxylation sites is 1. The maximum Gasteiger partial charge on any atom is 0.246 e. The molecule has 0 bridgehead atoms. The van der Waals surface area contributed by atoms with Crippen LogP contribution >= 0.6 is 0 Å². The van der Waals surface area contributed by atoms with Crippen LogP contribution in [0.4, 0.5) is 11.4 Å². The lowest BCUT2D eigenvalue weighted by Crippen LogP contribution is -2.32. The Morgan fingerprint density at radius 3 is 2.32 bits per heavy atom. The summed E-state index contributed by atoms with van der Waals surface area (Å²) in [5.41, 5.74) is 1.78. The third-order valence-electron chi connectivity index (χ3n) is 3.19. The molecule has 0 heterocycles. The Hall–Kier alpha value is -2.49. The van der Waals surface area contributed by atoms with E-state index in [1.54, 1.807) is 11.9 Å².